The molecule has 1 fully saturated rings. The van der Waals surface area contributed by atoms with Crippen molar-refractivity contribution in [3.63, 3.8) is 0 Å². The molecule has 1 rings (SSSR count). The van der Waals surface area contributed by atoms with Crippen molar-refractivity contribution in [2.24, 2.45) is 0 Å². The van der Waals surface area contributed by atoms with Crippen molar-refractivity contribution >= 4 is 6.03 Å². The molecular formula is C9H19N3O. The highest BCUT2D eigenvalue weighted by Crippen LogP contribution is 2.09. The first kappa shape index (κ1) is 10.3. The Bertz CT molecular complexity index is 166. The summed E-state index contributed by atoms with van der Waals surface area (Å²) in [4.78, 5) is 15.4. The number of hydrogen-bond donors (Lipinski definition) is 1. The minimum absolute atomic E-state index is 0.174. The van der Waals surface area contributed by atoms with E-state index in [1.807, 2.05) is 19.0 Å². The Morgan fingerprint density at radius 3 is 2.62 bits per heavy atom. The van der Waals surface area contributed by atoms with E-state index < -0.39 is 0 Å². The van der Waals surface area contributed by atoms with Crippen molar-refractivity contribution in [1.82, 2.24) is 15.1 Å². The number of likely N-dealkylation sites (N-methyl/N-ethyl adjacent to an activating group) is 2. The first-order valence-electron chi connectivity index (χ1n) is 4.90. The molecule has 76 valence electrons. The lowest BCUT2D eigenvalue weighted by molar-refractivity contribution is 0.173. The van der Waals surface area contributed by atoms with Gasteiger partial charge in [0.2, 0.25) is 0 Å². The Morgan fingerprint density at radius 2 is 2.08 bits per heavy atom. The minimum Gasteiger partial charge on any atom is -0.326 e. The molecule has 2 amide bonds. The topological polar surface area (TPSA) is 35.6 Å². The van der Waals surface area contributed by atoms with Crippen molar-refractivity contribution in [1.29, 1.82) is 0 Å². The zero-order valence-corrected chi connectivity index (χ0v) is 8.55. The monoisotopic (exact) mass is 185 g/mol. The summed E-state index contributed by atoms with van der Waals surface area (Å²) in [6.45, 7) is 3.51. The number of rotatable bonds is 3. The van der Waals surface area contributed by atoms with Crippen molar-refractivity contribution in [3.05, 3.63) is 0 Å². The van der Waals surface area contributed by atoms with Crippen LogP contribution in [0.2, 0.25) is 0 Å². The molecule has 13 heavy (non-hydrogen) atoms. The molecule has 0 bridgehead atoms. The van der Waals surface area contributed by atoms with E-state index in [4.69, 9.17) is 0 Å². The molecule has 1 saturated heterocycles. The highest BCUT2D eigenvalue weighted by atomic mass is 16.2. The Morgan fingerprint density at radius 1 is 1.46 bits per heavy atom. The summed E-state index contributed by atoms with van der Waals surface area (Å²) in [5.74, 6) is 0. The summed E-state index contributed by atoms with van der Waals surface area (Å²) in [6.07, 6.45) is 2.32. The lowest BCUT2D eigenvalue weighted by Crippen LogP contribution is -2.41. The van der Waals surface area contributed by atoms with Gasteiger partial charge in [-0.2, -0.15) is 0 Å². The Hall–Kier alpha value is -0.770. The molecule has 0 aromatic heterocycles. The van der Waals surface area contributed by atoms with E-state index in [1.165, 1.54) is 0 Å². The molecule has 1 aliphatic heterocycles. The first-order chi connectivity index (χ1) is 6.25. The second-order valence-electron chi connectivity index (χ2n) is 3.50. The maximum absolute atomic E-state index is 11.7. The van der Waals surface area contributed by atoms with E-state index in [0.29, 0.717) is 0 Å². The summed E-state index contributed by atoms with van der Waals surface area (Å²) < 4.78 is 0. The molecule has 0 radical (unpaired) electrons. The van der Waals surface area contributed by atoms with E-state index in [1.54, 1.807) is 4.90 Å². The highest BCUT2D eigenvalue weighted by molar-refractivity contribution is 5.74. The quantitative estimate of drug-likeness (QED) is 0.689. The third-order valence-electron chi connectivity index (χ3n) is 2.40. The third kappa shape index (κ3) is 2.88. The number of amides is 2. The van der Waals surface area contributed by atoms with E-state index in [-0.39, 0.29) is 6.03 Å². The number of urea groups is 1. The van der Waals surface area contributed by atoms with Gasteiger partial charge in [-0.3, -0.25) is 0 Å². The molecule has 0 aromatic rings. The molecule has 1 N–H and O–H groups in total. The van der Waals surface area contributed by atoms with Gasteiger partial charge >= 0.3 is 6.03 Å². The van der Waals surface area contributed by atoms with Crippen LogP contribution in [0.3, 0.4) is 0 Å². The van der Waals surface area contributed by atoms with Crippen LogP contribution < -0.4 is 5.32 Å². The van der Waals surface area contributed by atoms with Gasteiger partial charge in [0.25, 0.3) is 0 Å². The highest BCUT2D eigenvalue weighted by Gasteiger charge is 2.20. The zero-order chi connectivity index (χ0) is 9.68. The van der Waals surface area contributed by atoms with Gasteiger partial charge in [0, 0.05) is 33.2 Å². The molecule has 0 aromatic carbocycles. The normalized spacial score (nSPS) is 16.3. The van der Waals surface area contributed by atoms with Gasteiger partial charge in [-0.1, -0.05) is 0 Å². The number of hydrogen-bond acceptors (Lipinski definition) is 2. The summed E-state index contributed by atoms with van der Waals surface area (Å²) in [6, 6.07) is 0.174. The van der Waals surface area contributed by atoms with Crippen LogP contribution in [-0.2, 0) is 0 Å². The predicted molar refractivity (Wildman–Crippen MR) is 52.8 cm³/mol. The second kappa shape index (κ2) is 5.07. The third-order valence-corrected chi connectivity index (χ3v) is 2.40. The SMILES string of the molecule is CNCCN(C)C(=O)N1CCCC1. The average molecular weight is 185 g/mol. The van der Waals surface area contributed by atoms with Crippen LogP contribution in [0.1, 0.15) is 12.8 Å². The van der Waals surface area contributed by atoms with Gasteiger partial charge < -0.3 is 15.1 Å². The number of nitrogens with zero attached hydrogens (tertiary/aromatic N) is 2. The molecule has 0 unspecified atom stereocenters. The van der Waals surface area contributed by atoms with E-state index in [0.717, 1.165) is 39.0 Å². The van der Waals surface area contributed by atoms with Gasteiger partial charge in [0.05, 0.1) is 0 Å². The van der Waals surface area contributed by atoms with Crippen molar-refractivity contribution in [2.45, 2.75) is 12.8 Å². The Labute approximate surface area is 79.9 Å². The fourth-order valence-corrected chi connectivity index (χ4v) is 1.52. The molecule has 1 aliphatic rings. The fourth-order valence-electron chi connectivity index (χ4n) is 1.52. The van der Waals surface area contributed by atoms with Crippen LogP contribution in [0.25, 0.3) is 0 Å². The maximum Gasteiger partial charge on any atom is 0.319 e. The van der Waals surface area contributed by atoms with Gasteiger partial charge in [0.15, 0.2) is 0 Å². The van der Waals surface area contributed by atoms with Crippen LogP contribution in [0.15, 0.2) is 0 Å². The van der Waals surface area contributed by atoms with E-state index in [2.05, 4.69) is 5.32 Å². The average Bonchev–Trinajstić information content (AvgIpc) is 2.65. The second-order valence-corrected chi connectivity index (χ2v) is 3.50. The molecular weight excluding hydrogens is 166 g/mol. The largest absolute Gasteiger partial charge is 0.326 e. The number of nitrogens with one attached hydrogen (secondary N) is 1. The van der Waals surface area contributed by atoms with Crippen molar-refractivity contribution in [2.75, 3.05) is 40.3 Å². The maximum atomic E-state index is 11.7. The zero-order valence-electron chi connectivity index (χ0n) is 8.55. The van der Waals surface area contributed by atoms with Crippen molar-refractivity contribution in [3.8, 4) is 0 Å². The van der Waals surface area contributed by atoms with Crippen LogP contribution in [0.5, 0.6) is 0 Å². The molecule has 4 heteroatoms. The summed E-state index contributed by atoms with van der Waals surface area (Å²) in [7, 11) is 3.76. The van der Waals surface area contributed by atoms with E-state index >= 15 is 0 Å². The summed E-state index contributed by atoms with van der Waals surface area (Å²) in [5.41, 5.74) is 0. The fraction of sp³-hybridized carbons (Fsp3) is 0.889. The van der Waals surface area contributed by atoms with Crippen LogP contribution in [0, 0.1) is 0 Å². The number of carbonyl (C=O) groups is 1. The molecule has 0 atom stereocenters. The molecule has 1 heterocycles. The standard InChI is InChI=1S/C9H19N3O/c1-10-5-8-11(2)9(13)12-6-3-4-7-12/h10H,3-8H2,1-2H3. The van der Waals surface area contributed by atoms with Crippen LogP contribution >= 0.6 is 0 Å². The van der Waals surface area contributed by atoms with Gasteiger partial charge in [0.1, 0.15) is 0 Å². The van der Waals surface area contributed by atoms with E-state index in [9.17, 15) is 4.79 Å². The first-order valence-corrected chi connectivity index (χ1v) is 4.90. The molecule has 0 saturated carbocycles. The minimum atomic E-state index is 0.174. The Balaban J connectivity index is 2.28. The van der Waals surface area contributed by atoms with Gasteiger partial charge in [-0.05, 0) is 19.9 Å². The lowest BCUT2D eigenvalue weighted by atomic mass is 10.4. The smallest absolute Gasteiger partial charge is 0.319 e. The predicted octanol–water partition coefficient (Wildman–Crippen LogP) is 0.353. The lowest BCUT2D eigenvalue weighted by Gasteiger charge is -2.24. The van der Waals surface area contributed by atoms with Crippen molar-refractivity contribution < 1.29 is 4.79 Å². The molecule has 0 spiro atoms. The Kier molecular flexibility index (Phi) is 4.02. The molecule has 0 aliphatic carbocycles. The van der Waals surface area contributed by atoms with Gasteiger partial charge in [-0.15, -0.1) is 0 Å². The summed E-state index contributed by atoms with van der Waals surface area (Å²) in [5, 5.41) is 3.03. The number of likely N-dealkylation sites (tertiary alicyclic amines) is 1. The van der Waals surface area contributed by atoms with Gasteiger partial charge in [-0.25, -0.2) is 4.79 Å². The molecule has 4 nitrogen and oxygen atoms in total. The van der Waals surface area contributed by atoms with Crippen LogP contribution in [-0.4, -0.2) is 56.1 Å². The number of carbonyl (C=O) groups excluding carboxylic acids is 1. The summed E-state index contributed by atoms with van der Waals surface area (Å²) >= 11 is 0. The van der Waals surface area contributed by atoms with Crippen LogP contribution in [0.4, 0.5) is 4.79 Å².